The summed E-state index contributed by atoms with van der Waals surface area (Å²) in [5, 5.41) is 8.96. The lowest BCUT2D eigenvalue weighted by molar-refractivity contribution is -0.141. The summed E-state index contributed by atoms with van der Waals surface area (Å²) in [6.45, 7) is 5.57. The van der Waals surface area contributed by atoms with E-state index in [1.165, 1.54) is 36.1 Å². The van der Waals surface area contributed by atoms with Gasteiger partial charge < -0.3 is 10.0 Å². The lowest BCUT2D eigenvalue weighted by Gasteiger charge is -2.23. The lowest BCUT2D eigenvalue weighted by atomic mass is 10.1. The zero-order valence-electron chi connectivity index (χ0n) is 13.4. The van der Waals surface area contributed by atoms with Gasteiger partial charge in [0, 0.05) is 25.2 Å². The molecule has 0 unspecified atom stereocenters. The Labute approximate surface area is 136 Å². The molecule has 1 rings (SSSR count). The lowest BCUT2D eigenvalue weighted by Crippen LogP contribution is -2.36. The van der Waals surface area contributed by atoms with E-state index in [2.05, 4.69) is 4.72 Å². The maximum absolute atomic E-state index is 12.5. The van der Waals surface area contributed by atoms with Gasteiger partial charge in [0.1, 0.15) is 0 Å². The highest BCUT2D eigenvalue weighted by Gasteiger charge is 2.22. The van der Waals surface area contributed by atoms with Crippen LogP contribution in [0.1, 0.15) is 31.1 Å². The minimum absolute atomic E-state index is 0.00698. The predicted octanol–water partition coefficient (Wildman–Crippen LogP) is 1.17. The largest absolute Gasteiger partial charge is 0.481 e. The highest BCUT2D eigenvalue weighted by atomic mass is 32.2. The summed E-state index contributed by atoms with van der Waals surface area (Å²) in [4.78, 5) is 24.8. The third-order valence-electron chi connectivity index (χ3n) is 3.31. The van der Waals surface area contributed by atoms with Crippen LogP contribution in [0.15, 0.2) is 29.2 Å². The molecule has 0 radical (unpaired) electrons. The monoisotopic (exact) mass is 342 g/mol. The first-order chi connectivity index (χ1) is 10.7. The van der Waals surface area contributed by atoms with Crippen LogP contribution in [0.2, 0.25) is 0 Å². The highest BCUT2D eigenvalue weighted by Crippen LogP contribution is 2.14. The molecule has 0 spiro atoms. The molecule has 0 aliphatic heterocycles. The fraction of sp³-hybridized carbons (Fsp3) is 0.467. The first kappa shape index (κ1) is 19.1. The summed E-state index contributed by atoms with van der Waals surface area (Å²) in [6, 6.07) is 5.71. The van der Waals surface area contributed by atoms with Gasteiger partial charge in [0.25, 0.3) is 5.91 Å². The molecule has 0 aliphatic carbocycles. The normalized spacial score (nSPS) is 12.7. The highest BCUT2D eigenvalue weighted by molar-refractivity contribution is 7.89. The molecular formula is C15H22N2O5S. The number of carbonyl (C=O) groups excluding carboxylic acids is 1. The van der Waals surface area contributed by atoms with Crippen LogP contribution in [-0.2, 0) is 14.8 Å². The van der Waals surface area contributed by atoms with E-state index in [1.54, 1.807) is 13.8 Å². The molecule has 1 amide bonds. The van der Waals surface area contributed by atoms with Crippen LogP contribution in [-0.4, -0.2) is 49.9 Å². The number of nitrogens with one attached hydrogen (secondary N) is 1. The second-order valence-electron chi connectivity index (χ2n) is 5.11. The van der Waals surface area contributed by atoms with E-state index in [4.69, 9.17) is 5.11 Å². The zero-order chi connectivity index (χ0) is 17.6. The second-order valence-corrected chi connectivity index (χ2v) is 6.88. The Hall–Kier alpha value is -1.93. The molecule has 7 nitrogen and oxygen atoms in total. The molecule has 0 bridgehead atoms. The van der Waals surface area contributed by atoms with Crippen molar-refractivity contribution in [1.82, 2.24) is 9.62 Å². The van der Waals surface area contributed by atoms with Gasteiger partial charge in [-0.05, 0) is 25.1 Å². The topological polar surface area (TPSA) is 104 Å². The molecule has 1 aromatic carbocycles. The standard InChI is InChI=1S/C15H22N2O5S/c1-4-16-23(21,22)13-8-6-7-12(9-13)14(18)17(5-2)10-11(3)15(19)20/h6-9,11,16H,4-5,10H2,1-3H3,(H,19,20)/t11-/m1/s1. The van der Waals surface area contributed by atoms with E-state index in [1.807, 2.05) is 0 Å². The van der Waals surface area contributed by atoms with E-state index < -0.39 is 27.8 Å². The predicted molar refractivity (Wildman–Crippen MR) is 85.7 cm³/mol. The van der Waals surface area contributed by atoms with Gasteiger partial charge in [0.2, 0.25) is 10.0 Å². The molecule has 2 N–H and O–H groups in total. The summed E-state index contributed by atoms with van der Waals surface area (Å²) in [5.41, 5.74) is 0.211. The van der Waals surface area contributed by atoms with Gasteiger partial charge in [0.05, 0.1) is 10.8 Å². The molecule has 1 atom stereocenters. The van der Waals surface area contributed by atoms with Crippen molar-refractivity contribution in [3.63, 3.8) is 0 Å². The third kappa shape index (κ3) is 5.04. The number of benzene rings is 1. The van der Waals surface area contributed by atoms with E-state index in [0.717, 1.165) is 0 Å². The average Bonchev–Trinajstić information content (AvgIpc) is 2.51. The van der Waals surface area contributed by atoms with Crippen molar-refractivity contribution >= 4 is 21.9 Å². The smallest absolute Gasteiger partial charge is 0.308 e. The Morgan fingerprint density at radius 1 is 1.30 bits per heavy atom. The molecule has 1 aromatic rings. The molecular weight excluding hydrogens is 320 g/mol. The van der Waals surface area contributed by atoms with Crippen LogP contribution in [0, 0.1) is 5.92 Å². The number of carbonyl (C=O) groups is 2. The Balaban J connectivity index is 3.06. The maximum atomic E-state index is 12.5. The quantitative estimate of drug-likeness (QED) is 0.738. The molecule has 0 saturated carbocycles. The zero-order valence-corrected chi connectivity index (χ0v) is 14.3. The van der Waals surface area contributed by atoms with Gasteiger partial charge in [-0.3, -0.25) is 9.59 Å². The molecule has 0 heterocycles. The van der Waals surface area contributed by atoms with Crippen LogP contribution in [0.3, 0.4) is 0 Å². The van der Waals surface area contributed by atoms with Gasteiger partial charge in [-0.2, -0.15) is 0 Å². The summed E-state index contributed by atoms with van der Waals surface area (Å²) in [5.74, 6) is -2.08. The Morgan fingerprint density at radius 2 is 1.96 bits per heavy atom. The first-order valence-electron chi connectivity index (χ1n) is 7.34. The van der Waals surface area contributed by atoms with Crippen molar-refractivity contribution in [3.8, 4) is 0 Å². The SMILES string of the molecule is CCNS(=O)(=O)c1cccc(C(=O)N(CC)C[C@@H](C)C(=O)O)c1. The number of carboxylic acid groups (broad SMARTS) is 1. The molecule has 128 valence electrons. The number of sulfonamides is 1. The van der Waals surface area contributed by atoms with E-state index >= 15 is 0 Å². The fourth-order valence-corrected chi connectivity index (χ4v) is 3.10. The number of hydrogen-bond acceptors (Lipinski definition) is 4. The van der Waals surface area contributed by atoms with E-state index in [-0.39, 0.29) is 23.5 Å². The van der Waals surface area contributed by atoms with Crippen molar-refractivity contribution in [2.24, 2.45) is 5.92 Å². The van der Waals surface area contributed by atoms with Gasteiger partial charge >= 0.3 is 5.97 Å². The van der Waals surface area contributed by atoms with Crippen molar-refractivity contribution in [3.05, 3.63) is 29.8 Å². The molecule has 0 fully saturated rings. The van der Waals surface area contributed by atoms with Crippen molar-refractivity contribution in [1.29, 1.82) is 0 Å². The number of nitrogens with zero attached hydrogens (tertiary/aromatic N) is 1. The summed E-state index contributed by atoms with van der Waals surface area (Å²) < 4.78 is 26.4. The Morgan fingerprint density at radius 3 is 2.48 bits per heavy atom. The van der Waals surface area contributed by atoms with Gasteiger partial charge in [-0.1, -0.05) is 19.9 Å². The minimum atomic E-state index is -3.65. The average molecular weight is 342 g/mol. The van der Waals surface area contributed by atoms with E-state index in [0.29, 0.717) is 6.54 Å². The number of rotatable bonds is 8. The molecule has 0 aliphatic rings. The summed E-state index contributed by atoms with van der Waals surface area (Å²) in [7, 11) is -3.65. The minimum Gasteiger partial charge on any atom is -0.481 e. The summed E-state index contributed by atoms with van der Waals surface area (Å²) in [6.07, 6.45) is 0. The van der Waals surface area contributed by atoms with Crippen molar-refractivity contribution in [2.75, 3.05) is 19.6 Å². The van der Waals surface area contributed by atoms with Crippen LogP contribution in [0.5, 0.6) is 0 Å². The van der Waals surface area contributed by atoms with Gasteiger partial charge in [0.15, 0.2) is 0 Å². The van der Waals surface area contributed by atoms with Crippen molar-refractivity contribution < 1.29 is 23.1 Å². The van der Waals surface area contributed by atoms with Crippen LogP contribution in [0.4, 0.5) is 0 Å². The molecule has 23 heavy (non-hydrogen) atoms. The first-order valence-corrected chi connectivity index (χ1v) is 8.83. The Bertz CT molecular complexity index is 672. The van der Waals surface area contributed by atoms with Crippen molar-refractivity contribution in [2.45, 2.75) is 25.7 Å². The van der Waals surface area contributed by atoms with Crippen LogP contribution >= 0.6 is 0 Å². The summed E-state index contributed by atoms with van der Waals surface area (Å²) >= 11 is 0. The van der Waals surface area contributed by atoms with Crippen LogP contribution in [0.25, 0.3) is 0 Å². The van der Waals surface area contributed by atoms with Crippen LogP contribution < -0.4 is 4.72 Å². The number of amides is 1. The molecule has 0 aromatic heterocycles. The maximum Gasteiger partial charge on any atom is 0.308 e. The van der Waals surface area contributed by atoms with Gasteiger partial charge in [-0.25, -0.2) is 13.1 Å². The number of aliphatic carboxylic acids is 1. The third-order valence-corrected chi connectivity index (χ3v) is 4.85. The second kappa shape index (κ2) is 8.07. The Kier molecular flexibility index (Phi) is 6.71. The van der Waals surface area contributed by atoms with Gasteiger partial charge in [-0.15, -0.1) is 0 Å². The van der Waals surface area contributed by atoms with E-state index in [9.17, 15) is 18.0 Å². The molecule has 8 heteroatoms. The number of hydrogen-bond donors (Lipinski definition) is 2. The number of carboxylic acids is 1. The molecule has 0 saturated heterocycles. The fourth-order valence-electron chi connectivity index (χ4n) is 2.02.